The van der Waals surface area contributed by atoms with Crippen LogP contribution in [0.3, 0.4) is 0 Å². The predicted octanol–water partition coefficient (Wildman–Crippen LogP) is 2.59. The van der Waals surface area contributed by atoms with Gasteiger partial charge < -0.3 is 5.32 Å². The fourth-order valence-corrected chi connectivity index (χ4v) is 2.02. The molecule has 0 aromatic carbocycles. The molecule has 0 spiro atoms. The van der Waals surface area contributed by atoms with Crippen LogP contribution in [0.4, 0.5) is 5.69 Å². The number of nitrogens with one attached hydrogen (secondary N) is 1. The van der Waals surface area contributed by atoms with Crippen LogP contribution >= 0.6 is 11.6 Å². The molecule has 1 saturated carbocycles. The van der Waals surface area contributed by atoms with Gasteiger partial charge in [0.25, 0.3) is 0 Å². The number of rotatable bonds is 2. The van der Waals surface area contributed by atoms with E-state index in [2.05, 4.69) is 29.4 Å². The van der Waals surface area contributed by atoms with E-state index in [1.807, 2.05) is 6.07 Å². The molecule has 14 heavy (non-hydrogen) atoms. The molecule has 0 aliphatic heterocycles. The zero-order valence-corrected chi connectivity index (χ0v) is 9.12. The van der Waals surface area contributed by atoms with Crippen LogP contribution in [0.1, 0.15) is 20.3 Å². The van der Waals surface area contributed by atoms with Crippen LogP contribution in [-0.2, 0) is 0 Å². The third kappa shape index (κ3) is 1.82. The van der Waals surface area contributed by atoms with Crippen LogP contribution in [0.5, 0.6) is 0 Å². The summed E-state index contributed by atoms with van der Waals surface area (Å²) >= 11 is 5.74. The van der Waals surface area contributed by atoms with E-state index in [1.54, 1.807) is 6.20 Å². The molecule has 1 fully saturated rings. The van der Waals surface area contributed by atoms with Gasteiger partial charge in [0.05, 0.1) is 11.9 Å². The molecule has 0 bridgehead atoms. The number of nitrogens with zero attached hydrogens (tertiary/aromatic N) is 2. The van der Waals surface area contributed by atoms with Crippen molar-refractivity contribution in [2.45, 2.75) is 26.3 Å². The van der Waals surface area contributed by atoms with E-state index in [4.69, 9.17) is 11.6 Å². The normalized spacial score (nSPS) is 30.9. The third-order valence-corrected chi connectivity index (χ3v) is 3.32. The lowest BCUT2D eigenvalue weighted by Crippen LogP contribution is -2.43. The molecule has 1 heterocycles. The molecular formula is C10H14ClN3. The third-order valence-electron chi connectivity index (χ3n) is 3.13. The van der Waals surface area contributed by atoms with Gasteiger partial charge in [0.15, 0.2) is 5.15 Å². The summed E-state index contributed by atoms with van der Waals surface area (Å²) in [5.41, 5.74) is 0.966. The molecule has 1 aliphatic carbocycles. The maximum atomic E-state index is 5.74. The average molecular weight is 212 g/mol. The molecule has 1 N–H and O–H groups in total. The van der Waals surface area contributed by atoms with Crippen LogP contribution in [0.15, 0.2) is 12.3 Å². The van der Waals surface area contributed by atoms with Gasteiger partial charge in [-0.2, -0.15) is 5.10 Å². The first kappa shape index (κ1) is 9.71. The lowest BCUT2D eigenvalue weighted by Gasteiger charge is -2.41. The Labute approximate surface area is 88.9 Å². The molecule has 2 rings (SSSR count). The number of hydrogen-bond donors (Lipinski definition) is 1. The number of aromatic nitrogens is 2. The van der Waals surface area contributed by atoms with Crippen molar-refractivity contribution < 1.29 is 0 Å². The molecule has 0 radical (unpaired) electrons. The summed E-state index contributed by atoms with van der Waals surface area (Å²) in [6.07, 6.45) is 2.93. The Balaban J connectivity index is 1.98. The summed E-state index contributed by atoms with van der Waals surface area (Å²) in [5, 5.41) is 11.3. The molecule has 76 valence electrons. The van der Waals surface area contributed by atoms with Crippen molar-refractivity contribution >= 4 is 17.3 Å². The highest BCUT2D eigenvalue weighted by Crippen LogP contribution is 2.35. The van der Waals surface area contributed by atoms with Crippen molar-refractivity contribution in [2.24, 2.45) is 11.8 Å². The second-order valence-electron chi connectivity index (χ2n) is 4.09. The molecule has 3 nitrogen and oxygen atoms in total. The Morgan fingerprint density at radius 1 is 1.50 bits per heavy atom. The van der Waals surface area contributed by atoms with Crippen LogP contribution < -0.4 is 5.32 Å². The van der Waals surface area contributed by atoms with E-state index < -0.39 is 0 Å². The van der Waals surface area contributed by atoms with E-state index in [0.717, 1.165) is 17.5 Å². The van der Waals surface area contributed by atoms with Gasteiger partial charge in [0, 0.05) is 12.1 Å². The lowest BCUT2D eigenvalue weighted by atomic mass is 9.71. The molecule has 3 atom stereocenters. The summed E-state index contributed by atoms with van der Waals surface area (Å²) in [6, 6.07) is 2.37. The van der Waals surface area contributed by atoms with Crippen molar-refractivity contribution in [3.63, 3.8) is 0 Å². The van der Waals surface area contributed by atoms with Crippen LogP contribution in [-0.4, -0.2) is 16.2 Å². The van der Waals surface area contributed by atoms with Gasteiger partial charge >= 0.3 is 0 Å². The summed E-state index contributed by atoms with van der Waals surface area (Å²) in [4.78, 5) is 0. The summed E-state index contributed by atoms with van der Waals surface area (Å²) < 4.78 is 0. The van der Waals surface area contributed by atoms with Gasteiger partial charge in [-0.3, -0.25) is 0 Å². The van der Waals surface area contributed by atoms with Gasteiger partial charge in [-0.25, -0.2) is 0 Å². The second-order valence-corrected chi connectivity index (χ2v) is 4.48. The van der Waals surface area contributed by atoms with Crippen molar-refractivity contribution in [3.8, 4) is 0 Å². The minimum absolute atomic E-state index is 0.440. The summed E-state index contributed by atoms with van der Waals surface area (Å²) in [5.74, 6) is 1.54. The molecule has 1 aromatic rings. The van der Waals surface area contributed by atoms with Gasteiger partial charge in [0.2, 0.25) is 0 Å². The Morgan fingerprint density at radius 2 is 2.29 bits per heavy atom. The molecule has 0 saturated heterocycles. The van der Waals surface area contributed by atoms with E-state index in [-0.39, 0.29) is 0 Å². The topological polar surface area (TPSA) is 37.8 Å². The fraction of sp³-hybridized carbons (Fsp3) is 0.600. The Morgan fingerprint density at radius 3 is 2.86 bits per heavy atom. The minimum atomic E-state index is 0.440. The second kappa shape index (κ2) is 3.73. The molecule has 3 unspecified atom stereocenters. The minimum Gasteiger partial charge on any atom is -0.381 e. The number of anilines is 1. The number of hydrogen-bond acceptors (Lipinski definition) is 3. The highest BCUT2D eigenvalue weighted by molar-refractivity contribution is 6.29. The van der Waals surface area contributed by atoms with Crippen molar-refractivity contribution in [1.29, 1.82) is 0 Å². The zero-order chi connectivity index (χ0) is 10.1. The van der Waals surface area contributed by atoms with Crippen molar-refractivity contribution in [2.75, 3.05) is 5.32 Å². The van der Waals surface area contributed by atoms with Crippen LogP contribution in [0.25, 0.3) is 0 Å². The first-order valence-electron chi connectivity index (χ1n) is 4.91. The quantitative estimate of drug-likeness (QED) is 0.817. The highest BCUT2D eigenvalue weighted by atomic mass is 35.5. The molecule has 1 aliphatic rings. The average Bonchev–Trinajstić information content (AvgIpc) is 2.17. The molecule has 4 heteroatoms. The fourth-order valence-electron chi connectivity index (χ4n) is 1.85. The standard InChI is InChI=1S/C10H14ClN3/c1-6-3-9(7(6)2)13-8-4-10(11)14-12-5-8/h4-7,9H,3H2,1-2H3,(H,13,14). The largest absolute Gasteiger partial charge is 0.381 e. The van der Waals surface area contributed by atoms with Crippen LogP contribution in [0, 0.1) is 11.8 Å². The summed E-state index contributed by atoms with van der Waals surface area (Å²) in [6.45, 7) is 4.54. The van der Waals surface area contributed by atoms with Crippen molar-refractivity contribution in [3.05, 3.63) is 17.4 Å². The molecule has 1 aromatic heterocycles. The molecular weight excluding hydrogens is 198 g/mol. The SMILES string of the molecule is CC1CC(Nc2cnnc(Cl)c2)C1C. The smallest absolute Gasteiger partial charge is 0.153 e. The van der Waals surface area contributed by atoms with E-state index in [0.29, 0.717) is 11.2 Å². The van der Waals surface area contributed by atoms with Gasteiger partial charge in [-0.05, 0) is 18.3 Å². The Hall–Kier alpha value is -0.830. The first-order chi connectivity index (χ1) is 6.66. The van der Waals surface area contributed by atoms with E-state index in [1.165, 1.54) is 6.42 Å². The monoisotopic (exact) mass is 211 g/mol. The lowest BCUT2D eigenvalue weighted by molar-refractivity contribution is 0.189. The first-order valence-corrected chi connectivity index (χ1v) is 5.29. The highest BCUT2D eigenvalue weighted by Gasteiger charge is 2.34. The zero-order valence-electron chi connectivity index (χ0n) is 8.37. The maximum Gasteiger partial charge on any atom is 0.153 e. The number of halogens is 1. The van der Waals surface area contributed by atoms with Gasteiger partial charge in [0.1, 0.15) is 0 Å². The predicted molar refractivity (Wildman–Crippen MR) is 57.4 cm³/mol. The van der Waals surface area contributed by atoms with Gasteiger partial charge in [-0.1, -0.05) is 25.4 Å². The Kier molecular flexibility index (Phi) is 2.59. The maximum absolute atomic E-state index is 5.74. The van der Waals surface area contributed by atoms with Gasteiger partial charge in [-0.15, -0.1) is 5.10 Å². The summed E-state index contributed by atoms with van der Waals surface area (Å²) in [7, 11) is 0. The van der Waals surface area contributed by atoms with Crippen LogP contribution in [0.2, 0.25) is 5.15 Å². The van der Waals surface area contributed by atoms with Crippen molar-refractivity contribution in [1.82, 2.24) is 10.2 Å². The Bertz CT molecular complexity index is 329. The van der Waals surface area contributed by atoms with E-state index in [9.17, 15) is 0 Å². The van der Waals surface area contributed by atoms with E-state index >= 15 is 0 Å². The molecule has 0 amide bonds.